The summed E-state index contributed by atoms with van der Waals surface area (Å²) in [4.78, 5) is 30.2. The average Bonchev–Trinajstić information content (AvgIpc) is 3.04. The van der Waals surface area contributed by atoms with E-state index in [0.717, 1.165) is 15.1 Å². The number of nitrogens with zero attached hydrogens (tertiary/aromatic N) is 2. The summed E-state index contributed by atoms with van der Waals surface area (Å²) in [7, 11) is 1.36. The van der Waals surface area contributed by atoms with Crippen molar-refractivity contribution in [2.45, 2.75) is 31.7 Å². The lowest BCUT2D eigenvalue weighted by Gasteiger charge is -2.02. The normalized spacial score (nSPS) is 11.8. The van der Waals surface area contributed by atoms with Crippen LogP contribution in [0.2, 0.25) is 0 Å². The van der Waals surface area contributed by atoms with Crippen molar-refractivity contribution < 1.29 is 14.3 Å². The van der Waals surface area contributed by atoms with Crippen LogP contribution < -0.4 is 4.80 Å². The van der Waals surface area contributed by atoms with Gasteiger partial charge in [-0.1, -0.05) is 29.0 Å². The highest BCUT2D eigenvalue weighted by Crippen LogP contribution is 2.21. The minimum atomic E-state index is -0.374. The first-order valence-electron chi connectivity index (χ1n) is 9.00. The maximum Gasteiger partial charge on any atom is 0.337 e. The van der Waals surface area contributed by atoms with Crippen LogP contribution in [0, 0.1) is 6.92 Å². The second kappa shape index (κ2) is 9.21. The molecule has 2 aromatic carbocycles. The third-order valence-electron chi connectivity index (χ3n) is 4.25. The number of fused-ring (bicyclic) bond motifs is 1. The Morgan fingerprint density at radius 1 is 1.18 bits per heavy atom. The van der Waals surface area contributed by atoms with Crippen LogP contribution in [0.15, 0.2) is 52.4 Å². The SMILES string of the molecule is CCn1c(=NC(=O)CCSc2ccc(C)cc2)sc2cc(C(=O)OC)ccc21. The molecule has 0 spiro atoms. The summed E-state index contributed by atoms with van der Waals surface area (Å²) in [6.07, 6.45) is 0.379. The fourth-order valence-electron chi connectivity index (χ4n) is 2.76. The molecule has 0 aliphatic rings. The van der Waals surface area contributed by atoms with Crippen LogP contribution in [0.4, 0.5) is 0 Å². The minimum absolute atomic E-state index is 0.137. The molecule has 0 aliphatic carbocycles. The van der Waals surface area contributed by atoms with Crippen LogP contribution in [0.1, 0.15) is 29.3 Å². The van der Waals surface area contributed by atoms with Gasteiger partial charge in [0.1, 0.15) is 0 Å². The number of benzene rings is 2. The Morgan fingerprint density at radius 3 is 2.61 bits per heavy atom. The van der Waals surface area contributed by atoms with Crippen LogP contribution >= 0.6 is 23.1 Å². The van der Waals surface area contributed by atoms with Crippen LogP contribution in [-0.2, 0) is 16.1 Å². The molecule has 1 amide bonds. The maximum absolute atomic E-state index is 12.4. The van der Waals surface area contributed by atoms with Crippen molar-refractivity contribution in [2.24, 2.45) is 4.99 Å². The number of thioether (sulfide) groups is 1. The first-order valence-corrected chi connectivity index (χ1v) is 10.8. The lowest BCUT2D eigenvalue weighted by atomic mass is 10.2. The number of hydrogen-bond acceptors (Lipinski definition) is 5. The Balaban J connectivity index is 1.76. The van der Waals surface area contributed by atoms with Gasteiger partial charge in [-0.25, -0.2) is 4.79 Å². The van der Waals surface area contributed by atoms with Crippen molar-refractivity contribution in [2.75, 3.05) is 12.9 Å². The van der Waals surface area contributed by atoms with Crippen LogP contribution in [-0.4, -0.2) is 29.3 Å². The molecule has 0 saturated carbocycles. The number of esters is 1. The summed E-state index contributed by atoms with van der Waals surface area (Å²) in [5, 5.41) is 0. The van der Waals surface area contributed by atoms with Crippen molar-refractivity contribution in [3.8, 4) is 0 Å². The van der Waals surface area contributed by atoms with Gasteiger partial charge in [0.25, 0.3) is 0 Å². The first-order chi connectivity index (χ1) is 13.5. The predicted octanol–water partition coefficient (Wildman–Crippen LogP) is 4.43. The Kier molecular flexibility index (Phi) is 6.70. The Bertz CT molecular complexity index is 1070. The lowest BCUT2D eigenvalue weighted by Crippen LogP contribution is -2.16. The quantitative estimate of drug-likeness (QED) is 0.442. The topological polar surface area (TPSA) is 60.7 Å². The molecule has 146 valence electrons. The smallest absolute Gasteiger partial charge is 0.337 e. The number of ether oxygens (including phenoxy) is 1. The molecule has 0 radical (unpaired) electrons. The number of aryl methyl sites for hydroxylation is 2. The molecule has 28 heavy (non-hydrogen) atoms. The fraction of sp³-hybridized carbons (Fsp3) is 0.286. The molecule has 0 aliphatic heterocycles. The van der Waals surface area contributed by atoms with Gasteiger partial charge < -0.3 is 9.30 Å². The molecule has 0 saturated heterocycles. The summed E-state index contributed by atoms with van der Waals surface area (Å²) in [5.74, 6) is 0.178. The fourth-order valence-corrected chi connectivity index (χ4v) is 4.75. The maximum atomic E-state index is 12.4. The minimum Gasteiger partial charge on any atom is -0.465 e. The van der Waals surface area contributed by atoms with E-state index in [-0.39, 0.29) is 11.9 Å². The standard InChI is InChI=1S/C21H22N2O3S2/c1-4-23-17-10-7-15(20(25)26-3)13-18(17)28-21(23)22-19(24)11-12-27-16-8-5-14(2)6-9-16/h5-10,13H,4,11-12H2,1-3H3. The highest BCUT2D eigenvalue weighted by molar-refractivity contribution is 7.99. The van der Waals surface area contributed by atoms with E-state index in [2.05, 4.69) is 36.2 Å². The molecule has 0 fully saturated rings. The lowest BCUT2D eigenvalue weighted by molar-refractivity contribution is -0.117. The van der Waals surface area contributed by atoms with Crippen LogP contribution in [0.25, 0.3) is 10.2 Å². The zero-order valence-electron chi connectivity index (χ0n) is 16.1. The van der Waals surface area contributed by atoms with Crippen molar-refractivity contribution in [3.05, 3.63) is 58.4 Å². The van der Waals surface area contributed by atoms with Crippen LogP contribution in [0.3, 0.4) is 0 Å². The summed E-state index contributed by atoms with van der Waals surface area (Å²) in [6.45, 7) is 4.76. The van der Waals surface area contributed by atoms with Gasteiger partial charge in [0.05, 0.1) is 22.9 Å². The van der Waals surface area contributed by atoms with Gasteiger partial charge in [0.15, 0.2) is 4.80 Å². The van der Waals surface area contributed by atoms with E-state index in [4.69, 9.17) is 4.74 Å². The van der Waals surface area contributed by atoms with Crippen molar-refractivity contribution in [3.63, 3.8) is 0 Å². The molecule has 1 heterocycles. The Labute approximate surface area is 172 Å². The van der Waals surface area contributed by atoms with E-state index in [1.165, 1.54) is 24.0 Å². The molecule has 0 atom stereocenters. The molecule has 0 N–H and O–H groups in total. The van der Waals surface area contributed by atoms with Crippen molar-refractivity contribution >= 4 is 45.2 Å². The van der Waals surface area contributed by atoms with Gasteiger partial charge in [0.2, 0.25) is 5.91 Å². The number of hydrogen-bond donors (Lipinski definition) is 0. The number of carbonyl (C=O) groups excluding carboxylic acids is 2. The molecule has 5 nitrogen and oxygen atoms in total. The number of thiazole rings is 1. The van der Waals surface area contributed by atoms with Gasteiger partial charge in [-0.05, 0) is 44.2 Å². The predicted molar refractivity (Wildman–Crippen MR) is 114 cm³/mol. The first kappa shape index (κ1) is 20.4. The third kappa shape index (κ3) is 4.72. The van der Waals surface area contributed by atoms with E-state index in [1.54, 1.807) is 23.9 Å². The Morgan fingerprint density at radius 2 is 1.93 bits per heavy atom. The van der Waals surface area contributed by atoms with Gasteiger partial charge in [-0.3, -0.25) is 4.79 Å². The summed E-state index contributed by atoms with van der Waals surface area (Å²) in [5.41, 5.74) is 2.67. The number of rotatable bonds is 6. The second-order valence-electron chi connectivity index (χ2n) is 6.22. The Hall–Kier alpha value is -2.38. The van der Waals surface area contributed by atoms with Crippen LogP contribution in [0.5, 0.6) is 0 Å². The van der Waals surface area contributed by atoms with E-state index in [1.807, 2.05) is 17.6 Å². The average molecular weight is 415 g/mol. The number of aromatic nitrogens is 1. The highest BCUT2D eigenvalue weighted by atomic mass is 32.2. The summed E-state index contributed by atoms with van der Waals surface area (Å²) >= 11 is 3.07. The van der Waals surface area contributed by atoms with E-state index in [9.17, 15) is 9.59 Å². The molecule has 3 aromatic rings. The number of methoxy groups -OCH3 is 1. The number of amides is 1. The zero-order chi connectivity index (χ0) is 20.1. The second-order valence-corrected chi connectivity index (χ2v) is 8.40. The zero-order valence-corrected chi connectivity index (χ0v) is 17.7. The summed E-state index contributed by atoms with van der Waals surface area (Å²) in [6, 6.07) is 13.7. The monoisotopic (exact) mass is 414 g/mol. The van der Waals surface area contributed by atoms with Gasteiger partial charge in [0, 0.05) is 23.6 Å². The number of carbonyl (C=O) groups is 2. The molecule has 0 unspecified atom stereocenters. The van der Waals surface area contributed by atoms with E-state index < -0.39 is 0 Å². The molecule has 0 bridgehead atoms. The molecule has 1 aromatic heterocycles. The molecular weight excluding hydrogens is 392 g/mol. The van der Waals surface area contributed by atoms with Crippen molar-refractivity contribution in [1.82, 2.24) is 4.57 Å². The van der Waals surface area contributed by atoms with Gasteiger partial charge in [-0.2, -0.15) is 4.99 Å². The molecule has 7 heteroatoms. The van der Waals surface area contributed by atoms with E-state index >= 15 is 0 Å². The van der Waals surface area contributed by atoms with Gasteiger partial charge >= 0.3 is 5.97 Å². The third-order valence-corrected chi connectivity index (χ3v) is 6.30. The van der Waals surface area contributed by atoms with Gasteiger partial charge in [-0.15, -0.1) is 11.8 Å². The molecular formula is C21H22N2O3S2. The highest BCUT2D eigenvalue weighted by Gasteiger charge is 2.11. The van der Waals surface area contributed by atoms with Crippen molar-refractivity contribution in [1.29, 1.82) is 0 Å². The molecule has 3 rings (SSSR count). The summed E-state index contributed by atoms with van der Waals surface area (Å²) < 4.78 is 7.68. The largest absolute Gasteiger partial charge is 0.465 e. The van der Waals surface area contributed by atoms with E-state index in [0.29, 0.717) is 29.1 Å².